The molecule has 9 nitrogen and oxygen atoms in total. The molecule has 2 heterocycles. The topological polar surface area (TPSA) is 101 Å². The van der Waals surface area contributed by atoms with Crippen molar-refractivity contribution in [2.45, 2.75) is 59.2 Å². The second-order valence-corrected chi connectivity index (χ2v) is 9.24. The first kappa shape index (κ1) is 24.2. The summed E-state index contributed by atoms with van der Waals surface area (Å²) in [5.74, 6) is -0.188. The third-order valence-electron chi connectivity index (χ3n) is 4.07. The quantitative estimate of drug-likeness (QED) is 0.781. The van der Waals surface area contributed by atoms with Crippen molar-refractivity contribution in [3.8, 4) is 0 Å². The number of rotatable bonds is 4. The second-order valence-electron chi connectivity index (χ2n) is 9.24. The number of carbonyl (C=O) groups is 3. The van der Waals surface area contributed by atoms with Crippen molar-refractivity contribution in [2.24, 2.45) is 0 Å². The van der Waals surface area contributed by atoms with Crippen LogP contribution in [0.5, 0.6) is 0 Å². The van der Waals surface area contributed by atoms with Crippen molar-refractivity contribution in [1.82, 2.24) is 14.8 Å². The van der Waals surface area contributed by atoms with Crippen LogP contribution in [0.4, 0.5) is 15.3 Å². The summed E-state index contributed by atoms with van der Waals surface area (Å²) in [6, 6.07) is 1.69. The van der Waals surface area contributed by atoms with E-state index in [1.165, 1.54) is 4.90 Å². The van der Waals surface area contributed by atoms with Crippen LogP contribution in [0.25, 0.3) is 0 Å². The third kappa shape index (κ3) is 8.27. The van der Waals surface area contributed by atoms with Gasteiger partial charge in [0.25, 0.3) is 0 Å². The predicted molar refractivity (Wildman–Crippen MR) is 116 cm³/mol. The zero-order chi connectivity index (χ0) is 23.2. The van der Waals surface area contributed by atoms with Gasteiger partial charge in [-0.15, -0.1) is 0 Å². The Hall–Kier alpha value is -3.10. The number of allylic oxidation sites excluding steroid dienone is 1. The molecule has 1 aromatic rings. The second kappa shape index (κ2) is 9.80. The molecule has 0 aromatic carbocycles. The number of amides is 3. The van der Waals surface area contributed by atoms with Crippen molar-refractivity contribution in [2.75, 3.05) is 25.0 Å². The average Bonchev–Trinajstić information content (AvgIpc) is 2.61. The summed E-state index contributed by atoms with van der Waals surface area (Å²) in [6.07, 6.45) is 6.17. The molecule has 31 heavy (non-hydrogen) atoms. The van der Waals surface area contributed by atoms with Gasteiger partial charge in [-0.2, -0.15) is 0 Å². The summed E-state index contributed by atoms with van der Waals surface area (Å²) < 4.78 is 10.6. The first-order valence-corrected chi connectivity index (χ1v) is 10.2. The predicted octanol–water partition coefficient (Wildman–Crippen LogP) is 3.56. The highest BCUT2D eigenvalue weighted by atomic mass is 16.6. The Morgan fingerprint density at radius 1 is 1.13 bits per heavy atom. The molecule has 0 spiro atoms. The molecule has 1 aliphatic heterocycles. The Bertz CT molecular complexity index is 839. The van der Waals surface area contributed by atoms with Gasteiger partial charge in [0.15, 0.2) is 0 Å². The molecule has 0 atom stereocenters. The molecule has 3 amide bonds. The number of nitrogens with zero attached hydrogens (tertiary/aromatic N) is 3. The summed E-state index contributed by atoms with van der Waals surface area (Å²) in [7, 11) is 0. The van der Waals surface area contributed by atoms with E-state index in [1.807, 2.05) is 6.08 Å². The van der Waals surface area contributed by atoms with E-state index >= 15 is 0 Å². The molecule has 1 aromatic heterocycles. The minimum absolute atomic E-state index is 0.0302. The van der Waals surface area contributed by atoms with Crippen LogP contribution in [0, 0.1) is 0 Å². The van der Waals surface area contributed by atoms with E-state index in [4.69, 9.17) is 9.47 Å². The number of nitrogens with one attached hydrogen (secondary N) is 1. The lowest BCUT2D eigenvalue weighted by molar-refractivity contribution is -0.132. The molecule has 0 aliphatic carbocycles. The Morgan fingerprint density at radius 2 is 1.81 bits per heavy atom. The van der Waals surface area contributed by atoms with Gasteiger partial charge in [0.05, 0.1) is 5.69 Å². The highest BCUT2D eigenvalue weighted by molar-refractivity contribution is 5.86. The monoisotopic (exact) mass is 432 g/mol. The van der Waals surface area contributed by atoms with E-state index in [2.05, 4.69) is 10.3 Å². The molecular weight excluding hydrogens is 400 g/mol. The van der Waals surface area contributed by atoms with E-state index in [0.717, 1.165) is 5.56 Å². The Kier molecular flexibility index (Phi) is 7.65. The molecule has 0 radical (unpaired) electrons. The van der Waals surface area contributed by atoms with Crippen molar-refractivity contribution < 1.29 is 23.9 Å². The Morgan fingerprint density at radius 3 is 2.42 bits per heavy atom. The van der Waals surface area contributed by atoms with Crippen LogP contribution >= 0.6 is 0 Å². The van der Waals surface area contributed by atoms with Gasteiger partial charge in [-0.05, 0) is 59.6 Å². The Labute approximate surface area is 183 Å². The summed E-state index contributed by atoms with van der Waals surface area (Å²) in [6.45, 7) is 11.5. The molecular formula is C22H32N4O5. The van der Waals surface area contributed by atoms with Crippen molar-refractivity contribution in [3.05, 3.63) is 36.3 Å². The van der Waals surface area contributed by atoms with Crippen molar-refractivity contribution in [1.29, 1.82) is 0 Å². The molecule has 0 saturated carbocycles. The number of anilines is 1. The smallest absolute Gasteiger partial charge is 0.412 e. The average molecular weight is 433 g/mol. The highest BCUT2D eigenvalue weighted by Crippen LogP contribution is 2.17. The summed E-state index contributed by atoms with van der Waals surface area (Å²) in [5.41, 5.74) is 0.171. The highest BCUT2D eigenvalue weighted by Gasteiger charge is 2.29. The zero-order valence-corrected chi connectivity index (χ0v) is 19.1. The van der Waals surface area contributed by atoms with Crippen LogP contribution < -0.4 is 5.32 Å². The number of aromatic nitrogens is 1. The van der Waals surface area contributed by atoms with Crippen LogP contribution in [0.2, 0.25) is 0 Å². The number of pyridine rings is 1. The molecule has 1 N–H and O–H groups in total. The molecule has 2 rings (SSSR count). The summed E-state index contributed by atoms with van der Waals surface area (Å²) in [5, 5.41) is 2.73. The SMILES string of the molecule is CC(C)(C)OC(=O)Nc1ccncc1C/C=C\N1CCN(C(=O)OC(C)(C)C)CC1=O. The zero-order valence-electron chi connectivity index (χ0n) is 19.1. The van der Waals surface area contributed by atoms with E-state index in [-0.39, 0.29) is 12.5 Å². The number of ether oxygens (including phenoxy) is 2. The number of piperazine rings is 1. The molecule has 1 fully saturated rings. The maximum Gasteiger partial charge on any atom is 0.412 e. The lowest BCUT2D eigenvalue weighted by atomic mass is 10.1. The standard InChI is InChI=1S/C22H32N4O5/c1-21(2,3)30-19(28)24-17-9-10-23-14-16(17)8-7-11-25-12-13-26(15-18(25)27)20(29)31-22(4,5)6/h7,9-11,14H,8,12-13,15H2,1-6H3,(H,23,24,28)/b11-7-. The molecule has 1 saturated heterocycles. The number of hydrogen-bond donors (Lipinski definition) is 1. The van der Waals surface area contributed by atoms with Gasteiger partial charge in [-0.25, -0.2) is 9.59 Å². The molecule has 0 unspecified atom stereocenters. The number of hydrogen-bond acceptors (Lipinski definition) is 6. The van der Waals surface area contributed by atoms with Gasteiger partial charge in [0, 0.05) is 31.7 Å². The lowest BCUT2D eigenvalue weighted by Gasteiger charge is -2.33. The fourth-order valence-corrected chi connectivity index (χ4v) is 2.76. The van der Waals surface area contributed by atoms with Gasteiger partial charge in [0.1, 0.15) is 17.7 Å². The van der Waals surface area contributed by atoms with Gasteiger partial charge in [0.2, 0.25) is 5.91 Å². The fourth-order valence-electron chi connectivity index (χ4n) is 2.76. The maximum absolute atomic E-state index is 12.4. The third-order valence-corrected chi connectivity index (χ3v) is 4.07. The van der Waals surface area contributed by atoms with E-state index < -0.39 is 23.4 Å². The summed E-state index contributed by atoms with van der Waals surface area (Å²) >= 11 is 0. The lowest BCUT2D eigenvalue weighted by Crippen LogP contribution is -2.51. The maximum atomic E-state index is 12.4. The van der Waals surface area contributed by atoms with Gasteiger partial charge in [-0.3, -0.25) is 20.0 Å². The van der Waals surface area contributed by atoms with Crippen LogP contribution in [0.15, 0.2) is 30.7 Å². The first-order chi connectivity index (χ1) is 14.3. The van der Waals surface area contributed by atoms with Gasteiger partial charge >= 0.3 is 12.2 Å². The van der Waals surface area contributed by atoms with Crippen molar-refractivity contribution >= 4 is 23.8 Å². The first-order valence-electron chi connectivity index (χ1n) is 10.2. The van der Waals surface area contributed by atoms with Gasteiger partial charge in [-0.1, -0.05) is 6.08 Å². The van der Waals surface area contributed by atoms with Gasteiger partial charge < -0.3 is 14.4 Å². The van der Waals surface area contributed by atoms with Crippen LogP contribution in [0.1, 0.15) is 47.1 Å². The molecule has 170 valence electrons. The van der Waals surface area contributed by atoms with E-state index in [1.54, 1.807) is 71.1 Å². The summed E-state index contributed by atoms with van der Waals surface area (Å²) in [4.78, 5) is 43.7. The van der Waals surface area contributed by atoms with E-state index in [9.17, 15) is 14.4 Å². The van der Waals surface area contributed by atoms with Crippen LogP contribution in [0.3, 0.4) is 0 Å². The molecule has 1 aliphatic rings. The Balaban J connectivity index is 1.93. The van der Waals surface area contributed by atoms with Crippen molar-refractivity contribution in [3.63, 3.8) is 0 Å². The minimum Gasteiger partial charge on any atom is -0.444 e. The normalized spacial score (nSPS) is 15.2. The fraction of sp³-hybridized carbons (Fsp3) is 0.545. The van der Waals surface area contributed by atoms with Crippen LogP contribution in [-0.2, 0) is 20.7 Å². The molecule has 9 heteroatoms. The van der Waals surface area contributed by atoms with Crippen LogP contribution in [-0.4, -0.2) is 63.7 Å². The molecule has 0 bridgehead atoms. The number of carbonyl (C=O) groups excluding carboxylic acids is 3. The largest absolute Gasteiger partial charge is 0.444 e. The van der Waals surface area contributed by atoms with E-state index in [0.29, 0.717) is 25.2 Å². The minimum atomic E-state index is -0.605.